The van der Waals surface area contributed by atoms with Crippen LogP contribution in [0, 0.1) is 5.92 Å². The van der Waals surface area contributed by atoms with Crippen molar-refractivity contribution in [3.05, 3.63) is 12.7 Å². The summed E-state index contributed by atoms with van der Waals surface area (Å²) in [4.78, 5) is 0. The van der Waals surface area contributed by atoms with Crippen molar-refractivity contribution < 1.29 is 9.47 Å². The summed E-state index contributed by atoms with van der Waals surface area (Å²) in [5, 5.41) is 0. The van der Waals surface area contributed by atoms with Gasteiger partial charge in [0.1, 0.15) is 6.79 Å². The van der Waals surface area contributed by atoms with Gasteiger partial charge in [-0.1, -0.05) is 32.8 Å². The highest BCUT2D eigenvalue weighted by molar-refractivity contribution is 4.81. The predicted molar refractivity (Wildman–Crippen MR) is 55.6 cm³/mol. The molecule has 0 bridgehead atoms. The molecule has 0 amide bonds. The molecule has 0 aromatic rings. The summed E-state index contributed by atoms with van der Waals surface area (Å²) in [5.41, 5.74) is 0. The van der Waals surface area contributed by atoms with Gasteiger partial charge >= 0.3 is 0 Å². The van der Waals surface area contributed by atoms with Crippen LogP contribution in [0.3, 0.4) is 0 Å². The van der Waals surface area contributed by atoms with Crippen molar-refractivity contribution in [1.82, 2.24) is 0 Å². The lowest BCUT2D eigenvalue weighted by Crippen LogP contribution is -2.21. The lowest BCUT2D eigenvalue weighted by molar-refractivity contribution is -0.0858. The third-order valence-corrected chi connectivity index (χ3v) is 2.20. The standard InChI is InChI=1S/C11H22O2/c1-5-7-8-11(10(3)6-2)13-9-12-4/h6,10-11H,2,5,7-9H2,1,3-4H3/t10-,11-/m0/s1. The molecule has 0 heterocycles. The van der Waals surface area contributed by atoms with E-state index in [1.54, 1.807) is 7.11 Å². The summed E-state index contributed by atoms with van der Waals surface area (Å²) < 4.78 is 10.4. The molecule has 2 nitrogen and oxygen atoms in total. The molecule has 0 spiro atoms. The summed E-state index contributed by atoms with van der Waals surface area (Å²) in [6, 6.07) is 0. The molecule has 0 aliphatic rings. The van der Waals surface area contributed by atoms with Crippen molar-refractivity contribution in [2.45, 2.75) is 39.2 Å². The Morgan fingerprint density at radius 3 is 2.62 bits per heavy atom. The molecule has 0 unspecified atom stereocenters. The van der Waals surface area contributed by atoms with Gasteiger partial charge in [-0.15, -0.1) is 6.58 Å². The average Bonchev–Trinajstić information content (AvgIpc) is 2.17. The Bertz CT molecular complexity index is 115. The van der Waals surface area contributed by atoms with Gasteiger partial charge in [-0.25, -0.2) is 0 Å². The Morgan fingerprint density at radius 1 is 1.46 bits per heavy atom. The van der Waals surface area contributed by atoms with Crippen molar-refractivity contribution >= 4 is 0 Å². The van der Waals surface area contributed by atoms with Gasteiger partial charge in [-0.05, 0) is 6.42 Å². The minimum absolute atomic E-state index is 0.261. The summed E-state index contributed by atoms with van der Waals surface area (Å²) in [6.07, 6.45) is 5.70. The molecule has 0 aliphatic heterocycles. The quantitative estimate of drug-likeness (QED) is 0.428. The minimum Gasteiger partial charge on any atom is -0.359 e. The first-order valence-electron chi connectivity index (χ1n) is 4.99. The first-order valence-corrected chi connectivity index (χ1v) is 4.99. The van der Waals surface area contributed by atoms with Gasteiger partial charge in [-0.2, -0.15) is 0 Å². The zero-order valence-electron chi connectivity index (χ0n) is 9.08. The first kappa shape index (κ1) is 12.7. The highest BCUT2D eigenvalue weighted by atomic mass is 16.7. The van der Waals surface area contributed by atoms with Crippen LogP contribution in [-0.2, 0) is 9.47 Å². The number of hydrogen-bond donors (Lipinski definition) is 0. The van der Waals surface area contributed by atoms with E-state index in [1.165, 1.54) is 12.8 Å². The molecule has 2 heteroatoms. The summed E-state index contributed by atoms with van der Waals surface area (Å²) in [5.74, 6) is 0.404. The Morgan fingerprint density at radius 2 is 2.15 bits per heavy atom. The van der Waals surface area contributed by atoms with Crippen LogP contribution >= 0.6 is 0 Å². The molecule has 0 saturated carbocycles. The molecule has 0 aliphatic carbocycles. The zero-order chi connectivity index (χ0) is 10.1. The van der Waals surface area contributed by atoms with Gasteiger partial charge in [0.15, 0.2) is 0 Å². The van der Waals surface area contributed by atoms with Crippen LogP contribution in [0.4, 0.5) is 0 Å². The fourth-order valence-electron chi connectivity index (χ4n) is 1.21. The van der Waals surface area contributed by atoms with E-state index in [0.717, 1.165) is 6.42 Å². The highest BCUT2D eigenvalue weighted by Gasteiger charge is 2.13. The molecular weight excluding hydrogens is 164 g/mol. The third kappa shape index (κ3) is 5.83. The van der Waals surface area contributed by atoms with Crippen molar-refractivity contribution in [1.29, 1.82) is 0 Å². The van der Waals surface area contributed by atoms with E-state index >= 15 is 0 Å². The van der Waals surface area contributed by atoms with Crippen LogP contribution in [-0.4, -0.2) is 20.0 Å². The van der Waals surface area contributed by atoms with E-state index in [1.807, 2.05) is 6.08 Å². The van der Waals surface area contributed by atoms with Gasteiger partial charge in [0.25, 0.3) is 0 Å². The average molecular weight is 186 g/mol. The second-order valence-electron chi connectivity index (χ2n) is 3.35. The Hall–Kier alpha value is -0.340. The number of unbranched alkanes of at least 4 members (excludes halogenated alkanes) is 1. The fraction of sp³-hybridized carbons (Fsp3) is 0.818. The van der Waals surface area contributed by atoms with Crippen LogP contribution in [0.25, 0.3) is 0 Å². The number of methoxy groups -OCH3 is 1. The Kier molecular flexibility index (Phi) is 8.05. The molecule has 2 atom stereocenters. The largest absolute Gasteiger partial charge is 0.359 e. The summed E-state index contributed by atoms with van der Waals surface area (Å²) in [6.45, 7) is 8.47. The maximum atomic E-state index is 5.55. The number of rotatable bonds is 8. The SMILES string of the molecule is C=C[C@H](C)[C@H](CCCC)OCOC. The van der Waals surface area contributed by atoms with Gasteiger partial charge in [0.05, 0.1) is 6.10 Å². The fourth-order valence-corrected chi connectivity index (χ4v) is 1.21. The molecule has 0 fully saturated rings. The third-order valence-electron chi connectivity index (χ3n) is 2.20. The molecule has 78 valence electrons. The lowest BCUT2D eigenvalue weighted by atomic mass is 10.00. The molecule has 0 radical (unpaired) electrons. The van der Waals surface area contributed by atoms with E-state index in [0.29, 0.717) is 12.7 Å². The van der Waals surface area contributed by atoms with E-state index in [4.69, 9.17) is 9.47 Å². The maximum absolute atomic E-state index is 5.55. The van der Waals surface area contributed by atoms with Crippen LogP contribution in [0.15, 0.2) is 12.7 Å². The van der Waals surface area contributed by atoms with E-state index in [-0.39, 0.29) is 6.10 Å². The molecule has 0 rings (SSSR count). The van der Waals surface area contributed by atoms with Gasteiger partial charge in [0, 0.05) is 13.0 Å². The molecule has 0 aromatic heterocycles. The zero-order valence-corrected chi connectivity index (χ0v) is 9.08. The van der Waals surface area contributed by atoms with Crippen molar-refractivity contribution in [3.63, 3.8) is 0 Å². The minimum atomic E-state index is 0.261. The highest BCUT2D eigenvalue weighted by Crippen LogP contribution is 2.15. The van der Waals surface area contributed by atoms with Crippen LogP contribution in [0.5, 0.6) is 0 Å². The molecular formula is C11H22O2. The summed E-state index contributed by atoms with van der Waals surface area (Å²) in [7, 11) is 1.65. The lowest BCUT2D eigenvalue weighted by Gasteiger charge is -2.21. The van der Waals surface area contributed by atoms with Crippen LogP contribution < -0.4 is 0 Å². The predicted octanol–water partition coefficient (Wildman–Crippen LogP) is 2.99. The second-order valence-corrected chi connectivity index (χ2v) is 3.35. The topological polar surface area (TPSA) is 18.5 Å². The first-order chi connectivity index (χ1) is 6.26. The monoisotopic (exact) mass is 186 g/mol. The normalized spacial score (nSPS) is 15.3. The maximum Gasteiger partial charge on any atom is 0.146 e. The molecule has 0 saturated heterocycles. The Balaban J connectivity index is 3.79. The number of hydrogen-bond acceptors (Lipinski definition) is 2. The van der Waals surface area contributed by atoms with Crippen molar-refractivity contribution in [3.8, 4) is 0 Å². The van der Waals surface area contributed by atoms with Gasteiger partial charge in [-0.3, -0.25) is 0 Å². The van der Waals surface area contributed by atoms with Crippen molar-refractivity contribution in [2.75, 3.05) is 13.9 Å². The van der Waals surface area contributed by atoms with E-state index < -0.39 is 0 Å². The van der Waals surface area contributed by atoms with E-state index in [2.05, 4.69) is 20.4 Å². The second kappa shape index (κ2) is 8.27. The molecule has 0 aromatic carbocycles. The molecule has 0 N–H and O–H groups in total. The smallest absolute Gasteiger partial charge is 0.146 e. The summed E-state index contributed by atoms with van der Waals surface area (Å²) >= 11 is 0. The van der Waals surface area contributed by atoms with Gasteiger partial charge in [0.2, 0.25) is 0 Å². The van der Waals surface area contributed by atoms with Gasteiger partial charge < -0.3 is 9.47 Å². The van der Waals surface area contributed by atoms with Crippen LogP contribution in [0.2, 0.25) is 0 Å². The van der Waals surface area contributed by atoms with Crippen LogP contribution in [0.1, 0.15) is 33.1 Å². The van der Waals surface area contributed by atoms with Crippen molar-refractivity contribution in [2.24, 2.45) is 5.92 Å². The van der Waals surface area contributed by atoms with E-state index in [9.17, 15) is 0 Å². The number of ether oxygens (including phenoxy) is 2. The Labute approximate surface area is 81.9 Å². The molecule has 13 heavy (non-hydrogen) atoms.